The van der Waals surface area contributed by atoms with Crippen LogP contribution < -0.4 is 10.2 Å². The lowest BCUT2D eigenvalue weighted by Gasteiger charge is -2.09. The quantitative estimate of drug-likeness (QED) is 0.244. The van der Waals surface area contributed by atoms with Gasteiger partial charge in [0.1, 0.15) is 5.75 Å². The van der Waals surface area contributed by atoms with Gasteiger partial charge in [0.15, 0.2) is 5.16 Å². The molecule has 0 fully saturated rings. The number of hydrogen-bond acceptors (Lipinski definition) is 5. The van der Waals surface area contributed by atoms with E-state index >= 15 is 0 Å². The molecule has 0 saturated carbocycles. The van der Waals surface area contributed by atoms with Crippen molar-refractivity contribution in [2.45, 2.75) is 18.6 Å². The van der Waals surface area contributed by atoms with Gasteiger partial charge in [-0.25, -0.2) is 10.4 Å². The molecule has 0 aliphatic heterocycles. The van der Waals surface area contributed by atoms with Crippen LogP contribution in [-0.2, 0) is 11.3 Å². The number of rotatable bonds is 8. The number of hydrogen-bond donors (Lipinski definition) is 1. The molecule has 3 aromatic carbocycles. The maximum absolute atomic E-state index is 12.3. The standard InChI is InChI=1S/C25H24N4O2S/c1-18-10-12-19(13-11-18)16-29-23-9-4-3-8-22(23)27-25(29)32-17-24(30)28-26-15-20-6-5-7-21(14-20)31-2/h3-15H,16-17H2,1-2H3,(H,28,30)/b26-15-. The van der Waals surface area contributed by atoms with E-state index in [1.165, 1.54) is 22.9 Å². The van der Waals surface area contributed by atoms with Crippen molar-refractivity contribution in [3.8, 4) is 5.75 Å². The first-order valence-electron chi connectivity index (χ1n) is 10.2. The van der Waals surface area contributed by atoms with E-state index in [2.05, 4.69) is 52.3 Å². The molecule has 0 radical (unpaired) electrons. The van der Waals surface area contributed by atoms with Crippen LogP contribution in [0.1, 0.15) is 16.7 Å². The number of nitrogens with one attached hydrogen (secondary N) is 1. The molecule has 32 heavy (non-hydrogen) atoms. The van der Waals surface area contributed by atoms with Crippen LogP contribution in [0.2, 0.25) is 0 Å². The molecule has 6 nitrogen and oxygen atoms in total. The van der Waals surface area contributed by atoms with Gasteiger partial charge in [0, 0.05) is 0 Å². The number of para-hydroxylation sites is 2. The molecule has 0 spiro atoms. The Labute approximate surface area is 191 Å². The van der Waals surface area contributed by atoms with E-state index in [9.17, 15) is 4.79 Å². The zero-order valence-electron chi connectivity index (χ0n) is 18.0. The average Bonchev–Trinajstić information content (AvgIpc) is 3.16. The number of carbonyl (C=O) groups is 1. The van der Waals surface area contributed by atoms with Gasteiger partial charge in [0.05, 0.1) is 36.7 Å². The molecule has 7 heteroatoms. The summed E-state index contributed by atoms with van der Waals surface area (Å²) in [5.41, 5.74) is 7.80. The molecule has 0 unspecified atom stereocenters. The van der Waals surface area contributed by atoms with E-state index in [-0.39, 0.29) is 11.7 Å². The number of carbonyl (C=O) groups excluding carboxylic acids is 1. The number of aromatic nitrogens is 2. The minimum absolute atomic E-state index is 0.192. The molecule has 0 atom stereocenters. The Bertz CT molecular complexity index is 1250. The number of fused-ring (bicyclic) bond motifs is 1. The van der Waals surface area contributed by atoms with E-state index in [1.54, 1.807) is 13.3 Å². The number of amides is 1. The van der Waals surface area contributed by atoms with Crippen molar-refractivity contribution in [3.05, 3.63) is 89.5 Å². The third-order valence-electron chi connectivity index (χ3n) is 4.91. The molecule has 0 aliphatic rings. The molecule has 1 amide bonds. The molecule has 1 N–H and O–H groups in total. The summed E-state index contributed by atoms with van der Waals surface area (Å²) in [7, 11) is 1.61. The summed E-state index contributed by atoms with van der Waals surface area (Å²) in [5, 5.41) is 4.85. The fourth-order valence-electron chi connectivity index (χ4n) is 3.26. The minimum atomic E-state index is -0.192. The molecule has 1 aromatic heterocycles. The van der Waals surface area contributed by atoms with E-state index in [1.807, 2.05) is 42.5 Å². The lowest BCUT2D eigenvalue weighted by molar-refractivity contribution is -0.118. The van der Waals surface area contributed by atoms with Gasteiger partial charge in [-0.3, -0.25) is 4.79 Å². The third kappa shape index (κ3) is 5.36. The van der Waals surface area contributed by atoms with Gasteiger partial charge >= 0.3 is 0 Å². The Kier molecular flexibility index (Phi) is 6.87. The second kappa shape index (κ2) is 10.2. The Hall–Kier alpha value is -3.58. The van der Waals surface area contributed by atoms with E-state index < -0.39 is 0 Å². The van der Waals surface area contributed by atoms with Crippen molar-refractivity contribution >= 4 is 34.9 Å². The number of aryl methyl sites for hydroxylation is 1. The van der Waals surface area contributed by atoms with Gasteiger partial charge in [-0.2, -0.15) is 5.10 Å². The normalized spacial score (nSPS) is 11.2. The Balaban J connectivity index is 1.43. The van der Waals surface area contributed by atoms with Crippen LogP contribution in [0.15, 0.2) is 83.1 Å². The number of imidazole rings is 1. The molecule has 162 valence electrons. The first kappa shape index (κ1) is 21.6. The maximum Gasteiger partial charge on any atom is 0.250 e. The van der Waals surface area contributed by atoms with Gasteiger partial charge in [0.25, 0.3) is 5.91 Å². The van der Waals surface area contributed by atoms with Crippen molar-refractivity contribution in [2.75, 3.05) is 12.9 Å². The van der Waals surface area contributed by atoms with Crippen LogP contribution in [0.3, 0.4) is 0 Å². The summed E-state index contributed by atoms with van der Waals surface area (Å²) in [6, 6.07) is 23.9. The first-order valence-corrected chi connectivity index (χ1v) is 11.2. The van der Waals surface area contributed by atoms with Gasteiger partial charge in [0.2, 0.25) is 0 Å². The predicted molar refractivity (Wildman–Crippen MR) is 129 cm³/mol. The highest BCUT2D eigenvalue weighted by Crippen LogP contribution is 2.25. The molecule has 4 rings (SSSR count). The molecular formula is C25H24N4O2S. The molecule has 1 heterocycles. The summed E-state index contributed by atoms with van der Waals surface area (Å²) in [5.74, 6) is 0.763. The van der Waals surface area contributed by atoms with Crippen LogP contribution in [0.5, 0.6) is 5.75 Å². The second-order valence-corrected chi connectivity index (χ2v) is 8.26. The zero-order valence-corrected chi connectivity index (χ0v) is 18.8. The fraction of sp³-hybridized carbons (Fsp3) is 0.160. The number of ether oxygens (including phenoxy) is 1. The maximum atomic E-state index is 12.3. The first-order chi connectivity index (χ1) is 15.6. The Morgan fingerprint density at radius 3 is 2.75 bits per heavy atom. The van der Waals surface area contributed by atoms with Crippen molar-refractivity contribution in [1.82, 2.24) is 15.0 Å². The number of benzene rings is 3. The van der Waals surface area contributed by atoms with Gasteiger partial charge in [-0.1, -0.05) is 65.9 Å². The molecule has 4 aromatic rings. The lowest BCUT2D eigenvalue weighted by Crippen LogP contribution is -2.20. The number of methoxy groups -OCH3 is 1. The predicted octanol–water partition coefficient (Wildman–Crippen LogP) is 4.64. The van der Waals surface area contributed by atoms with Gasteiger partial charge < -0.3 is 9.30 Å². The van der Waals surface area contributed by atoms with E-state index in [0.29, 0.717) is 6.54 Å². The number of hydrazone groups is 1. The topological polar surface area (TPSA) is 68.5 Å². The van der Waals surface area contributed by atoms with Crippen LogP contribution in [0.25, 0.3) is 11.0 Å². The third-order valence-corrected chi connectivity index (χ3v) is 5.89. The van der Waals surface area contributed by atoms with Crippen molar-refractivity contribution in [1.29, 1.82) is 0 Å². The van der Waals surface area contributed by atoms with E-state index in [0.717, 1.165) is 27.5 Å². The van der Waals surface area contributed by atoms with Crippen LogP contribution in [0.4, 0.5) is 0 Å². The number of nitrogens with zero attached hydrogens (tertiary/aromatic N) is 3. The number of thioether (sulfide) groups is 1. The molecule has 0 saturated heterocycles. The summed E-state index contributed by atoms with van der Waals surface area (Å²) in [6.07, 6.45) is 1.59. The smallest absolute Gasteiger partial charge is 0.250 e. The highest BCUT2D eigenvalue weighted by atomic mass is 32.2. The van der Waals surface area contributed by atoms with Gasteiger partial charge in [-0.15, -0.1) is 0 Å². The minimum Gasteiger partial charge on any atom is -0.497 e. The monoisotopic (exact) mass is 444 g/mol. The van der Waals surface area contributed by atoms with Crippen LogP contribution in [-0.4, -0.2) is 34.5 Å². The van der Waals surface area contributed by atoms with Crippen molar-refractivity contribution in [2.24, 2.45) is 5.10 Å². The highest BCUT2D eigenvalue weighted by Gasteiger charge is 2.13. The average molecular weight is 445 g/mol. The molecule has 0 aliphatic carbocycles. The van der Waals surface area contributed by atoms with Crippen molar-refractivity contribution in [3.63, 3.8) is 0 Å². The summed E-state index contributed by atoms with van der Waals surface area (Å²) in [4.78, 5) is 17.1. The summed E-state index contributed by atoms with van der Waals surface area (Å²) in [6.45, 7) is 2.77. The Morgan fingerprint density at radius 1 is 1.12 bits per heavy atom. The Morgan fingerprint density at radius 2 is 1.94 bits per heavy atom. The molecular weight excluding hydrogens is 420 g/mol. The zero-order chi connectivity index (χ0) is 22.3. The van der Waals surface area contributed by atoms with Crippen molar-refractivity contribution < 1.29 is 9.53 Å². The highest BCUT2D eigenvalue weighted by molar-refractivity contribution is 7.99. The summed E-state index contributed by atoms with van der Waals surface area (Å²) >= 11 is 1.40. The SMILES string of the molecule is COc1cccc(/C=N\NC(=O)CSc2nc3ccccc3n2Cc2ccc(C)cc2)c1. The summed E-state index contributed by atoms with van der Waals surface area (Å²) < 4.78 is 7.34. The lowest BCUT2D eigenvalue weighted by atomic mass is 10.1. The largest absolute Gasteiger partial charge is 0.497 e. The fourth-order valence-corrected chi connectivity index (χ4v) is 4.06. The van der Waals surface area contributed by atoms with Gasteiger partial charge in [-0.05, 0) is 42.3 Å². The molecule has 0 bridgehead atoms. The van der Waals surface area contributed by atoms with Crippen LogP contribution in [0, 0.1) is 6.92 Å². The van der Waals surface area contributed by atoms with Crippen LogP contribution >= 0.6 is 11.8 Å². The van der Waals surface area contributed by atoms with E-state index in [4.69, 9.17) is 9.72 Å². The second-order valence-electron chi connectivity index (χ2n) is 7.31.